The Morgan fingerprint density at radius 3 is 2.65 bits per heavy atom. The summed E-state index contributed by atoms with van der Waals surface area (Å²) in [6.45, 7) is 2.08. The Kier molecular flexibility index (Phi) is 4.18. The number of pyridine rings is 1. The van der Waals surface area contributed by atoms with Crippen LogP contribution in [0, 0.1) is 6.92 Å². The van der Waals surface area contributed by atoms with Crippen molar-refractivity contribution >= 4 is 17.3 Å². The van der Waals surface area contributed by atoms with Gasteiger partial charge in [-0.15, -0.1) is 0 Å². The number of alkyl halides is 3. The van der Waals surface area contributed by atoms with E-state index < -0.39 is 11.7 Å². The number of anilines is 1. The normalized spacial score (nSPS) is 11.4. The van der Waals surface area contributed by atoms with E-state index in [0.717, 1.165) is 11.6 Å². The average molecular weight is 301 g/mol. The maximum absolute atomic E-state index is 12.9. The van der Waals surface area contributed by atoms with Crippen LogP contribution in [0.5, 0.6) is 0 Å². The van der Waals surface area contributed by atoms with E-state index >= 15 is 0 Å². The Morgan fingerprint density at radius 1 is 1.25 bits per heavy atom. The minimum Gasteiger partial charge on any atom is -0.379 e. The first-order chi connectivity index (χ1) is 9.38. The van der Waals surface area contributed by atoms with E-state index in [0.29, 0.717) is 5.69 Å². The lowest BCUT2D eigenvalue weighted by Crippen LogP contribution is -2.11. The second kappa shape index (κ2) is 5.71. The van der Waals surface area contributed by atoms with Gasteiger partial charge in [0.25, 0.3) is 0 Å². The fraction of sp³-hybridized carbons (Fsp3) is 0.214. The number of nitrogens with zero attached hydrogens (tertiary/aromatic N) is 1. The van der Waals surface area contributed by atoms with Crippen LogP contribution >= 0.6 is 11.6 Å². The highest BCUT2D eigenvalue weighted by Gasteiger charge is 2.33. The van der Waals surface area contributed by atoms with E-state index in [2.05, 4.69) is 10.3 Å². The molecule has 1 N–H and O–H groups in total. The number of halogens is 4. The third-order valence-electron chi connectivity index (χ3n) is 2.85. The molecule has 2 rings (SSSR count). The van der Waals surface area contributed by atoms with Crippen molar-refractivity contribution in [2.24, 2.45) is 0 Å². The summed E-state index contributed by atoms with van der Waals surface area (Å²) in [6.07, 6.45) is -2.84. The molecule has 20 heavy (non-hydrogen) atoms. The minimum atomic E-state index is -4.45. The van der Waals surface area contributed by atoms with Gasteiger partial charge in [-0.25, -0.2) is 0 Å². The predicted molar refractivity (Wildman–Crippen MR) is 72.8 cm³/mol. The van der Waals surface area contributed by atoms with Crippen LogP contribution in [0.2, 0.25) is 5.02 Å². The monoisotopic (exact) mass is 300 g/mol. The fourth-order valence-electron chi connectivity index (χ4n) is 1.79. The van der Waals surface area contributed by atoms with Crippen LogP contribution < -0.4 is 5.32 Å². The van der Waals surface area contributed by atoms with Gasteiger partial charge in [-0.1, -0.05) is 17.7 Å². The Labute approximate surface area is 119 Å². The minimum absolute atomic E-state index is 0.00745. The first-order valence-electron chi connectivity index (χ1n) is 5.89. The summed E-state index contributed by atoms with van der Waals surface area (Å²) in [7, 11) is 0. The largest absolute Gasteiger partial charge is 0.418 e. The Morgan fingerprint density at radius 2 is 2.00 bits per heavy atom. The molecular weight excluding hydrogens is 289 g/mol. The number of aryl methyl sites for hydroxylation is 1. The number of rotatable bonds is 3. The van der Waals surface area contributed by atoms with Gasteiger partial charge in [0.05, 0.1) is 17.8 Å². The topological polar surface area (TPSA) is 24.9 Å². The molecule has 0 amide bonds. The highest BCUT2D eigenvalue weighted by Crippen LogP contribution is 2.36. The molecular formula is C14H12ClF3N2. The van der Waals surface area contributed by atoms with Crippen LogP contribution in [-0.2, 0) is 12.7 Å². The first kappa shape index (κ1) is 14.7. The molecule has 0 spiro atoms. The molecule has 0 aliphatic heterocycles. The zero-order valence-corrected chi connectivity index (χ0v) is 11.4. The van der Waals surface area contributed by atoms with E-state index in [4.69, 9.17) is 11.6 Å². The molecule has 1 aromatic carbocycles. The van der Waals surface area contributed by atoms with E-state index in [9.17, 15) is 13.2 Å². The van der Waals surface area contributed by atoms with Crippen LogP contribution in [0.1, 0.15) is 16.8 Å². The van der Waals surface area contributed by atoms with Crippen molar-refractivity contribution in [3.63, 3.8) is 0 Å². The SMILES string of the molecule is Cc1cccnc1CNc1ccc(Cl)cc1C(F)(F)F. The van der Waals surface area contributed by atoms with Gasteiger partial charge in [0.1, 0.15) is 0 Å². The molecule has 2 nitrogen and oxygen atoms in total. The van der Waals surface area contributed by atoms with Gasteiger partial charge in [-0.3, -0.25) is 4.98 Å². The lowest BCUT2D eigenvalue weighted by molar-refractivity contribution is -0.136. The molecule has 106 valence electrons. The molecule has 0 fully saturated rings. The number of hydrogen-bond donors (Lipinski definition) is 1. The van der Waals surface area contributed by atoms with Crippen molar-refractivity contribution in [1.82, 2.24) is 4.98 Å². The lowest BCUT2D eigenvalue weighted by atomic mass is 10.1. The van der Waals surface area contributed by atoms with Crippen molar-refractivity contribution in [1.29, 1.82) is 0 Å². The molecule has 6 heteroatoms. The van der Waals surface area contributed by atoms with Gasteiger partial charge >= 0.3 is 6.18 Å². The Hall–Kier alpha value is -1.75. The molecule has 1 aromatic heterocycles. The summed E-state index contributed by atoms with van der Waals surface area (Å²) in [4.78, 5) is 4.13. The quantitative estimate of drug-likeness (QED) is 0.890. The summed E-state index contributed by atoms with van der Waals surface area (Å²) in [6, 6.07) is 7.29. The van der Waals surface area contributed by atoms with Gasteiger partial charge in [0.15, 0.2) is 0 Å². The molecule has 0 unspecified atom stereocenters. The molecule has 0 saturated carbocycles. The van der Waals surface area contributed by atoms with Crippen molar-refractivity contribution in [3.8, 4) is 0 Å². The number of nitrogens with one attached hydrogen (secondary N) is 1. The average Bonchev–Trinajstić information content (AvgIpc) is 2.38. The van der Waals surface area contributed by atoms with Crippen molar-refractivity contribution < 1.29 is 13.2 Å². The smallest absolute Gasteiger partial charge is 0.379 e. The Balaban J connectivity index is 2.24. The number of benzene rings is 1. The summed E-state index contributed by atoms with van der Waals surface area (Å²) in [5.41, 5.74) is 0.837. The van der Waals surface area contributed by atoms with Crippen LogP contribution in [-0.4, -0.2) is 4.98 Å². The van der Waals surface area contributed by atoms with Gasteiger partial charge in [-0.05, 0) is 36.8 Å². The highest BCUT2D eigenvalue weighted by atomic mass is 35.5. The highest BCUT2D eigenvalue weighted by molar-refractivity contribution is 6.30. The maximum atomic E-state index is 12.9. The van der Waals surface area contributed by atoms with Crippen LogP contribution in [0.4, 0.5) is 18.9 Å². The first-order valence-corrected chi connectivity index (χ1v) is 6.27. The molecule has 0 saturated heterocycles. The molecule has 0 radical (unpaired) electrons. The second-order valence-corrected chi connectivity index (χ2v) is 4.74. The summed E-state index contributed by atoms with van der Waals surface area (Å²) in [5.74, 6) is 0. The third kappa shape index (κ3) is 3.42. The summed E-state index contributed by atoms with van der Waals surface area (Å²) >= 11 is 5.63. The predicted octanol–water partition coefficient (Wildman–Crippen LogP) is 4.67. The number of aromatic nitrogens is 1. The maximum Gasteiger partial charge on any atom is 0.418 e. The zero-order valence-electron chi connectivity index (χ0n) is 10.6. The third-order valence-corrected chi connectivity index (χ3v) is 3.09. The molecule has 0 bridgehead atoms. The van der Waals surface area contributed by atoms with Gasteiger partial charge < -0.3 is 5.32 Å². The summed E-state index contributed by atoms with van der Waals surface area (Å²) < 4.78 is 38.8. The van der Waals surface area contributed by atoms with Crippen molar-refractivity contribution in [2.75, 3.05) is 5.32 Å². The fourth-order valence-corrected chi connectivity index (χ4v) is 1.96. The molecule has 0 aliphatic rings. The van der Waals surface area contributed by atoms with E-state index in [1.165, 1.54) is 12.1 Å². The number of hydrogen-bond acceptors (Lipinski definition) is 2. The molecule has 2 aromatic rings. The van der Waals surface area contributed by atoms with Gasteiger partial charge in [0, 0.05) is 16.9 Å². The van der Waals surface area contributed by atoms with Gasteiger partial charge in [-0.2, -0.15) is 13.2 Å². The van der Waals surface area contributed by atoms with E-state index in [1.54, 1.807) is 12.3 Å². The zero-order chi connectivity index (χ0) is 14.8. The van der Waals surface area contributed by atoms with E-state index in [1.807, 2.05) is 13.0 Å². The molecule has 0 atom stereocenters. The van der Waals surface area contributed by atoms with Crippen LogP contribution in [0.25, 0.3) is 0 Å². The molecule has 0 aliphatic carbocycles. The van der Waals surface area contributed by atoms with Gasteiger partial charge in [0.2, 0.25) is 0 Å². The van der Waals surface area contributed by atoms with Crippen LogP contribution in [0.3, 0.4) is 0 Å². The van der Waals surface area contributed by atoms with Crippen molar-refractivity contribution in [3.05, 3.63) is 58.4 Å². The standard InChI is InChI=1S/C14H12ClF3N2/c1-9-3-2-6-19-13(9)8-20-12-5-4-10(15)7-11(12)14(16,17)18/h2-7,20H,8H2,1H3. The molecule has 1 heterocycles. The van der Waals surface area contributed by atoms with E-state index in [-0.39, 0.29) is 17.3 Å². The van der Waals surface area contributed by atoms with Crippen LogP contribution in [0.15, 0.2) is 36.5 Å². The summed E-state index contributed by atoms with van der Waals surface area (Å²) in [5, 5.41) is 2.82. The lowest BCUT2D eigenvalue weighted by Gasteiger charge is -2.15. The Bertz CT molecular complexity index is 612. The van der Waals surface area contributed by atoms with Crippen molar-refractivity contribution in [2.45, 2.75) is 19.6 Å². The second-order valence-electron chi connectivity index (χ2n) is 4.31.